The molecule has 1 rings (SSSR count). The van der Waals surface area contributed by atoms with Crippen molar-refractivity contribution in [2.24, 2.45) is 0 Å². The van der Waals surface area contributed by atoms with E-state index >= 15 is 0 Å². The smallest absolute Gasteiger partial charge is 0.0989 e. The molecule has 64 valence electrons. The van der Waals surface area contributed by atoms with Crippen LogP contribution in [0, 0.1) is 11.3 Å². The number of nitrogens with zero attached hydrogens (tertiary/aromatic N) is 2. The van der Waals surface area contributed by atoms with Crippen LogP contribution < -0.4 is 0 Å². The topological polar surface area (TPSA) is 27.0 Å². The second-order valence-corrected chi connectivity index (χ2v) is 3.04. The first-order chi connectivity index (χ1) is 5.77. The zero-order valence-corrected chi connectivity index (χ0v) is 7.67. The minimum absolute atomic E-state index is 0.802. The predicted molar refractivity (Wildman–Crippen MR) is 49.3 cm³/mol. The summed E-state index contributed by atoms with van der Waals surface area (Å²) in [6, 6.07) is 2.17. The van der Waals surface area contributed by atoms with Gasteiger partial charge in [-0.05, 0) is 18.6 Å². The Bertz CT molecular complexity index is 256. The predicted octanol–water partition coefficient (Wildman–Crippen LogP) is 2.07. The summed E-state index contributed by atoms with van der Waals surface area (Å²) in [7, 11) is 2.06. The largest absolute Gasteiger partial charge is 0.374 e. The molecular formula is C10H14N2. The van der Waals surface area contributed by atoms with Gasteiger partial charge in [0, 0.05) is 19.3 Å². The molecule has 0 atom stereocenters. The molecule has 0 amide bonds. The van der Waals surface area contributed by atoms with Crippen LogP contribution in [-0.4, -0.2) is 18.5 Å². The number of hydrogen-bond acceptors (Lipinski definition) is 2. The van der Waals surface area contributed by atoms with Crippen LogP contribution in [0.15, 0.2) is 23.4 Å². The fourth-order valence-corrected chi connectivity index (χ4v) is 1.30. The molecule has 0 spiro atoms. The van der Waals surface area contributed by atoms with Crippen molar-refractivity contribution in [1.82, 2.24) is 4.90 Å². The van der Waals surface area contributed by atoms with Gasteiger partial charge in [0.1, 0.15) is 0 Å². The Morgan fingerprint density at radius 3 is 3.00 bits per heavy atom. The summed E-state index contributed by atoms with van der Waals surface area (Å²) in [5.41, 5.74) is 2.08. The highest BCUT2D eigenvalue weighted by atomic mass is 15.1. The van der Waals surface area contributed by atoms with E-state index in [9.17, 15) is 0 Å². The summed E-state index contributed by atoms with van der Waals surface area (Å²) in [5.74, 6) is 0. The van der Waals surface area contributed by atoms with Crippen LogP contribution in [0.3, 0.4) is 0 Å². The Balaban J connectivity index is 2.74. The molecule has 0 aromatic carbocycles. The summed E-state index contributed by atoms with van der Waals surface area (Å²) in [6.45, 7) is 3.02. The first-order valence-electron chi connectivity index (χ1n) is 4.30. The Morgan fingerprint density at radius 2 is 2.42 bits per heavy atom. The van der Waals surface area contributed by atoms with Crippen molar-refractivity contribution in [2.75, 3.05) is 13.6 Å². The molecule has 0 N–H and O–H groups in total. The minimum atomic E-state index is 0.802. The summed E-state index contributed by atoms with van der Waals surface area (Å²) >= 11 is 0. The molecule has 0 aliphatic carbocycles. The van der Waals surface area contributed by atoms with E-state index in [-0.39, 0.29) is 0 Å². The third kappa shape index (κ3) is 1.88. The fourth-order valence-electron chi connectivity index (χ4n) is 1.30. The SMILES string of the molecule is CCCC1=CC(C#N)=CCN1C. The van der Waals surface area contributed by atoms with E-state index < -0.39 is 0 Å². The molecule has 0 fully saturated rings. The molecule has 0 unspecified atom stereocenters. The van der Waals surface area contributed by atoms with Gasteiger partial charge in [0.2, 0.25) is 0 Å². The van der Waals surface area contributed by atoms with E-state index in [0.717, 1.165) is 25.0 Å². The molecule has 0 radical (unpaired) electrons. The molecule has 1 aliphatic heterocycles. The Morgan fingerprint density at radius 1 is 1.67 bits per heavy atom. The van der Waals surface area contributed by atoms with Gasteiger partial charge in [-0.15, -0.1) is 0 Å². The molecule has 12 heavy (non-hydrogen) atoms. The van der Waals surface area contributed by atoms with Crippen LogP contribution in [0.25, 0.3) is 0 Å². The zero-order chi connectivity index (χ0) is 8.97. The first kappa shape index (κ1) is 8.86. The number of nitriles is 1. The van der Waals surface area contributed by atoms with Crippen molar-refractivity contribution in [3.8, 4) is 6.07 Å². The fraction of sp³-hybridized carbons (Fsp3) is 0.500. The van der Waals surface area contributed by atoms with Gasteiger partial charge in [-0.3, -0.25) is 0 Å². The van der Waals surface area contributed by atoms with Crippen LogP contribution in [0.1, 0.15) is 19.8 Å². The van der Waals surface area contributed by atoms with Crippen molar-refractivity contribution in [3.63, 3.8) is 0 Å². The summed E-state index contributed by atoms with van der Waals surface area (Å²) in [5, 5.41) is 8.68. The van der Waals surface area contributed by atoms with Crippen LogP contribution in [0.5, 0.6) is 0 Å². The lowest BCUT2D eigenvalue weighted by molar-refractivity contribution is 0.435. The Labute approximate surface area is 73.8 Å². The number of allylic oxidation sites excluding steroid dienone is 3. The van der Waals surface area contributed by atoms with Crippen molar-refractivity contribution >= 4 is 0 Å². The van der Waals surface area contributed by atoms with Crippen LogP contribution >= 0.6 is 0 Å². The van der Waals surface area contributed by atoms with E-state index in [1.807, 2.05) is 12.2 Å². The number of rotatable bonds is 2. The molecule has 0 aromatic rings. The lowest BCUT2D eigenvalue weighted by Gasteiger charge is -2.24. The van der Waals surface area contributed by atoms with E-state index in [0.29, 0.717) is 0 Å². The van der Waals surface area contributed by atoms with Gasteiger partial charge in [-0.2, -0.15) is 5.26 Å². The van der Waals surface area contributed by atoms with Crippen LogP contribution in [0.4, 0.5) is 0 Å². The van der Waals surface area contributed by atoms with Gasteiger partial charge in [0.15, 0.2) is 0 Å². The van der Waals surface area contributed by atoms with Crippen molar-refractivity contribution in [1.29, 1.82) is 5.26 Å². The second kappa shape index (κ2) is 3.96. The maximum Gasteiger partial charge on any atom is 0.0989 e. The highest BCUT2D eigenvalue weighted by Crippen LogP contribution is 2.16. The van der Waals surface area contributed by atoms with Crippen LogP contribution in [0.2, 0.25) is 0 Å². The Kier molecular flexibility index (Phi) is 2.93. The molecule has 1 aliphatic rings. The summed E-state index contributed by atoms with van der Waals surface area (Å²) in [6.07, 6.45) is 6.14. The van der Waals surface area contributed by atoms with Gasteiger partial charge >= 0.3 is 0 Å². The first-order valence-corrected chi connectivity index (χ1v) is 4.30. The molecule has 0 saturated carbocycles. The van der Waals surface area contributed by atoms with Crippen molar-refractivity contribution < 1.29 is 0 Å². The normalized spacial score (nSPS) is 16.6. The van der Waals surface area contributed by atoms with E-state index in [1.165, 1.54) is 5.70 Å². The molecule has 0 saturated heterocycles. The van der Waals surface area contributed by atoms with Gasteiger partial charge in [0.25, 0.3) is 0 Å². The lowest BCUT2D eigenvalue weighted by Crippen LogP contribution is -2.20. The van der Waals surface area contributed by atoms with Gasteiger partial charge in [-0.1, -0.05) is 13.3 Å². The summed E-state index contributed by atoms with van der Waals surface area (Å²) in [4.78, 5) is 2.18. The third-order valence-electron chi connectivity index (χ3n) is 2.03. The third-order valence-corrected chi connectivity index (χ3v) is 2.03. The quantitative estimate of drug-likeness (QED) is 0.621. The standard InChI is InChI=1S/C10H14N2/c1-3-4-10-7-9(8-11)5-6-12(10)2/h5,7H,3-4,6H2,1-2H3. The minimum Gasteiger partial charge on any atom is -0.374 e. The molecular weight excluding hydrogens is 148 g/mol. The number of hydrogen-bond donors (Lipinski definition) is 0. The lowest BCUT2D eigenvalue weighted by atomic mass is 10.1. The van der Waals surface area contributed by atoms with E-state index in [2.05, 4.69) is 24.9 Å². The zero-order valence-electron chi connectivity index (χ0n) is 7.67. The highest BCUT2D eigenvalue weighted by molar-refractivity contribution is 5.38. The van der Waals surface area contributed by atoms with Gasteiger partial charge in [0.05, 0.1) is 11.6 Å². The van der Waals surface area contributed by atoms with Gasteiger partial charge in [-0.25, -0.2) is 0 Å². The molecule has 2 heteroatoms. The maximum absolute atomic E-state index is 8.68. The van der Waals surface area contributed by atoms with E-state index in [1.54, 1.807) is 0 Å². The maximum atomic E-state index is 8.68. The Hall–Kier alpha value is -1.23. The van der Waals surface area contributed by atoms with Crippen molar-refractivity contribution in [2.45, 2.75) is 19.8 Å². The van der Waals surface area contributed by atoms with Crippen molar-refractivity contribution in [3.05, 3.63) is 23.4 Å². The highest BCUT2D eigenvalue weighted by Gasteiger charge is 2.08. The number of likely N-dealkylation sites (N-methyl/N-ethyl adjacent to an activating group) is 1. The summed E-state index contributed by atoms with van der Waals surface area (Å²) < 4.78 is 0. The second-order valence-electron chi connectivity index (χ2n) is 3.04. The molecule has 0 aromatic heterocycles. The average molecular weight is 162 g/mol. The molecule has 1 heterocycles. The van der Waals surface area contributed by atoms with Crippen LogP contribution in [-0.2, 0) is 0 Å². The van der Waals surface area contributed by atoms with E-state index in [4.69, 9.17) is 5.26 Å². The monoisotopic (exact) mass is 162 g/mol. The average Bonchev–Trinajstić information content (AvgIpc) is 2.09. The molecule has 2 nitrogen and oxygen atoms in total. The van der Waals surface area contributed by atoms with Gasteiger partial charge < -0.3 is 4.90 Å². The molecule has 0 bridgehead atoms.